The predicted molar refractivity (Wildman–Crippen MR) is 121 cm³/mol. The normalized spacial score (nSPS) is 10.9. The molecule has 4 rings (SSSR count). The molecule has 1 heterocycles. The molecule has 0 aliphatic rings. The third-order valence-corrected chi connectivity index (χ3v) is 5.88. The van der Waals surface area contributed by atoms with E-state index in [1.807, 2.05) is 30.3 Å². The van der Waals surface area contributed by atoms with Gasteiger partial charge in [0.2, 0.25) is 0 Å². The number of sulfone groups is 1. The van der Waals surface area contributed by atoms with Gasteiger partial charge in [0.25, 0.3) is 5.56 Å². The molecule has 1 aromatic heterocycles. The summed E-state index contributed by atoms with van der Waals surface area (Å²) in [6, 6.07) is 20.8. The largest absolute Gasteiger partial charge is 0.287 e. The number of nitrogens with zero attached hydrogens (tertiary/aromatic N) is 2. The first kappa shape index (κ1) is 21.2. The smallest absolute Gasteiger partial charge is 0.266 e. The summed E-state index contributed by atoms with van der Waals surface area (Å²) in [6.45, 7) is 0. The van der Waals surface area contributed by atoms with E-state index in [2.05, 4.69) is 16.9 Å². The average Bonchev–Trinajstić information content (AvgIpc) is 2.79. The van der Waals surface area contributed by atoms with Crippen LogP contribution >= 0.6 is 0 Å². The Morgan fingerprint density at radius 3 is 2.16 bits per heavy atom. The van der Waals surface area contributed by atoms with Crippen molar-refractivity contribution in [2.24, 2.45) is 0 Å². The molecule has 5 nitrogen and oxygen atoms in total. The van der Waals surface area contributed by atoms with Crippen molar-refractivity contribution < 1.29 is 12.8 Å². The molecule has 0 amide bonds. The van der Waals surface area contributed by atoms with Crippen LogP contribution in [0.5, 0.6) is 0 Å². The van der Waals surface area contributed by atoms with Gasteiger partial charge in [-0.05, 0) is 54.1 Å². The molecule has 0 saturated carbocycles. The lowest BCUT2D eigenvalue weighted by molar-refractivity contribution is 0.602. The Hall–Kier alpha value is -4.02. The summed E-state index contributed by atoms with van der Waals surface area (Å²) < 4.78 is 38.0. The summed E-state index contributed by atoms with van der Waals surface area (Å²) in [7, 11) is -3.35. The number of halogens is 1. The van der Waals surface area contributed by atoms with Crippen molar-refractivity contribution in [3.8, 4) is 28.7 Å². The second-order valence-electron chi connectivity index (χ2n) is 7.04. The van der Waals surface area contributed by atoms with Crippen molar-refractivity contribution in [2.45, 2.75) is 4.90 Å². The van der Waals surface area contributed by atoms with Gasteiger partial charge in [-0.25, -0.2) is 12.8 Å². The van der Waals surface area contributed by atoms with Crippen LogP contribution in [-0.4, -0.2) is 24.5 Å². The SMILES string of the molecule is CS(=O)(=O)c1ccc(-c2cnn(-c3ccc(F)cc3)c(=O)c2C#Cc2ccccc2)cc1. The van der Waals surface area contributed by atoms with Crippen molar-refractivity contribution in [3.63, 3.8) is 0 Å². The first-order valence-corrected chi connectivity index (χ1v) is 11.5. The number of hydrogen-bond donors (Lipinski definition) is 0. The van der Waals surface area contributed by atoms with Crippen molar-refractivity contribution >= 4 is 9.84 Å². The van der Waals surface area contributed by atoms with E-state index in [0.29, 0.717) is 16.8 Å². The summed E-state index contributed by atoms with van der Waals surface area (Å²) in [5.74, 6) is 5.51. The monoisotopic (exact) mass is 444 g/mol. The zero-order valence-corrected chi connectivity index (χ0v) is 17.8. The first-order valence-electron chi connectivity index (χ1n) is 9.59. The molecule has 0 aliphatic carbocycles. The van der Waals surface area contributed by atoms with Gasteiger partial charge < -0.3 is 0 Å². The van der Waals surface area contributed by atoms with Gasteiger partial charge in [0.15, 0.2) is 9.84 Å². The summed E-state index contributed by atoms with van der Waals surface area (Å²) in [4.78, 5) is 13.5. The van der Waals surface area contributed by atoms with E-state index in [4.69, 9.17) is 0 Å². The Morgan fingerprint density at radius 1 is 0.875 bits per heavy atom. The average molecular weight is 444 g/mol. The molecule has 0 radical (unpaired) electrons. The van der Waals surface area contributed by atoms with Gasteiger partial charge in [-0.3, -0.25) is 4.79 Å². The Balaban J connectivity index is 1.90. The zero-order valence-electron chi connectivity index (χ0n) is 17.0. The zero-order chi connectivity index (χ0) is 22.7. The highest BCUT2D eigenvalue weighted by Gasteiger charge is 2.14. The molecule has 0 N–H and O–H groups in total. The van der Waals surface area contributed by atoms with Crippen LogP contribution in [0.2, 0.25) is 0 Å². The second kappa shape index (κ2) is 8.61. The van der Waals surface area contributed by atoms with Crippen LogP contribution in [0.15, 0.2) is 94.7 Å². The maximum Gasteiger partial charge on any atom is 0.287 e. The summed E-state index contributed by atoms with van der Waals surface area (Å²) in [5.41, 5.74) is 1.93. The van der Waals surface area contributed by atoms with Gasteiger partial charge in [0.1, 0.15) is 11.4 Å². The Morgan fingerprint density at radius 2 is 1.53 bits per heavy atom. The fraction of sp³-hybridized carbons (Fsp3) is 0.0400. The van der Waals surface area contributed by atoms with E-state index in [0.717, 1.165) is 16.5 Å². The van der Waals surface area contributed by atoms with Gasteiger partial charge in [-0.2, -0.15) is 9.78 Å². The Labute approximate surface area is 184 Å². The number of aromatic nitrogens is 2. The third kappa shape index (κ3) is 4.51. The van der Waals surface area contributed by atoms with Crippen LogP contribution in [0.25, 0.3) is 16.8 Å². The lowest BCUT2D eigenvalue weighted by Crippen LogP contribution is -2.24. The van der Waals surface area contributed by atoms with Crippen LogP contribution < -0.4 is 5.56 Å². The summed E-state index contributed by atoms with van der Waals surface area (Å²) in [5, 5.41) is 4.24. The van der Waals surface area contributed by atoms with Gasteiger partial charge in [-0.15, -0.1) is 0 Å². The third-order valence-electron chi connectivity index (χ3n) is 4.75. The lowest BCUT2D eigenvalue weighted by atomic mass is 10.0. The van der Waals surface area contributed by atoms with Crippen LogP contribution in [0.1, 0.15) is 11.1 Å². The highest BCUT2D eigenvalue weighted by molar-refractivity contribution is 7.90. The van der Waals surface area contributed by atoms with Gasteiger partial charge in [0, 0.05) is 17.4 Å². The van der Waals surface area contributed by atoms with Crippen molar-refractivity contribution in [3.05, 3.63) is 112 Å². The molecule has 32 heavy (non-hydrogen) atoms. The molecular formula is C25H17FN2O3S. The molecule has 0 saturated heterocycles. The highest BCUT2D eigenvalue weighted by atomic mass is 32.2. The lowest BCUT2D eigenvalue weighted by Gasteiger charge is -2.10. The molecular weight excluding hydrogens is 427 g/mol. The molecule has 0 fully saturated rings. The topological polar surface area (TPSA) is 69.0 Å². The second-order valence-corrected chi connectivity index (χ2v) is 9.05. The molecule has 0 spiro atoms. The van der Waals surface area contributed by atoms with E-state index >= 15 is 0 Å². The van der Waals surface area contributed by atoms with Crippen LogP contribution in [0.3, 0.4) is 0 Å². The van der Waals surface area contributed by atoms with E-state index in [1.165, 1.54) is 42.6 Å². The number of hydrogen-bond acceptors (Lipinski definition) is 4. The molecule has 7 heteroatoms. The van der Waals surface area contributed by atoms with Gasteiger partial charge in [-0.1, -0.05) is 42.2 Å². The maximum absolute atomic E-state index is 13.3. The molecule has 0 unspecified atom stereocenters. The van der Waals surface area contributed by atoms with Crippen molar-refractivity contribution in [2.75, 3.05) is 6.26 Å². The fourth-order valence-electron chi connectivity index (χ4n) is 3.10. The van der Waals surface area contributed by atoms with E-state index in [1.54, 1.807) is 12.1 Å². The van der Waals surface area contributed by atoms with Crippen LogP contribution in [0, 0.1) is 17.7 Å². The van der Waals surface area contributed by atoms with Crippen molar-refractivity contribution in [1.29, 1.82) is 0 Å². The molecule has 0 bridgehead atoms. The molecule has 0 aliphatic heterocycles. The van der Waals surface area contributed by atoms with Crippen LogP contribution in [-0.2, 0) is 9.84 Å². The molecule has 0 atom stereocenters. The molecule has 158 valence electrons. The van der Waals surface area contributed by atoms with E-state index in [-0.39, 0.29) is 10.5 Å². The maximum atomic E-state index is 13.3. The predicted octanol–water partition coefficient (Wildman–Crippen LogP) is 3.84. The van der Waals surface area contributed by atoms with Crippen LogP contribution in [0.4, 0.5) is 4.39 Å². The molecule has 4 aromatic rings. The highest BCUT2D eigenvalue weighted by Crippen LogP contribution is 2.23. The quantitative estimate of drug-likeness (QED) is 0.450. The minimum absolute atomic E-state index is 0.172. The van der Waals surface area contributed by atoms with Gasteiger partial charge >= 0.3 is 0 Å². The fourth-order valence-corrected chi connectivity index (χ4v) is 3.73. The van der Waals surface area contributed by atoms with Crippen molar-refractivity contribution in [1.82, 2.24) is 9.78 Å². The standard InChI is InChI=1S/C25H17FN2O3S/c1-32(30,31)22-14-8-19(9-15-22)24-17-27-28(21-12-10-20(26)11-13-21)25(29)23(24)16-7-18-5-3-2-4-6-18/h2-6,8-15,17H,1H3. The number of benzene rings is 3. The van der Waals surface area contributed by atoms with E-state index < -0.39 is 21.2 Å². The summed E-state index contributed by atoms with van der Waals surface area (Å²) in [6.07, 6.45) is 2.62. The Kier molecular flexibility index (Phi) is 5.71. The molecule has 3 aromatic carbocycles. The number of rotatable bonds is 3. The minimum Gasteiger partial charge on any atom is -0.266 e. The summed E-state index contributed by atoms with van der Waals surface area (Å²) >= 11 is 0. The first-order chi connectivity index (χ1) is 15.3. The minimum atomic E-state index is -3.35. The van der Waals surface area contributed by atoms with Gasteiger partial charge in [0.05, 0.1) is 16.8 Å². The Bertz CT molecular complexity index is 1500. The van der Waals surface area contributed by atoms with E-state index in [9.17, 15) is 17.6 Å².